The topological polar surface area (TPSA) is 54.5 Å². The highest BCUT2D eigenvalue weighted by atomic mass is 35.5. The van der Waals surface area contributed by atoms with E-state index >= 15 is 0 Å². The molecule has 2 heterocycles. The molecule has 5 nitrogen and oxygen atoms in total. The SMILES string of the molecule is C[C@@H]1CN(CC(=O)Nc2ccc(Cl)cn2)CCCO1. The second-order valence-electron chi connectivity index (χ2n) is 4.68. The molecular formula is C13H18ClN3O2. The van der Waals surface area contributed by atoms with Crippen LogP contribution in [0.2, 0.25) is 5.02 Å². The number of aromatic nitrogens is 1. The molecule has 1 saturated heterocycles. The molecule has 0 saturated carbocycles. The van der Waals surface area contributed by atoms with Crippen molar-refractivity contribution in [3.8, 4) is 0 Å². The molecule has 1 aromatic rings. The average molecular weight is 284 g/mol. The summed E-state index contributed by atoms with van der Waals surface area (Å²) in [5, 5.41) is 3.31. The number of nitrogens with one attached hydrogen (secondary N) is 1. The van der Waals surface area contributed by atoms with E-state index in [-0.39, 0.29) is 12.0 Å². The number of hydrogen-bond donors (Lipinski definition) is 1. The Morgan fingerprint density at radius 3 is 3.21 bits per heavy atom. The number of ether oxygens (including phenoxy) is 1. The first-order valence-corrected chi connectivity index (χ1v) is 6.76. The zero-order valence-electron chi connectivity index (χ0n) is 10.9. The minimum Gasteiger partial charge on any atom is -0.377 e. The van der Waals surface area contributed by atoms with Crippen molar-refractivity contribution in [1.82, 2.24) is 9.88 Å². The van der Waals surface area contributed by atoms with Gasteiger partial charge >= 0.3 is 0 Å². The normalized spacial score (nSPS) is 20.8. The van der Waals surface area contributed by atoms with Gasteiger partial charge in [-0.15, -0.1) is 0 Å². The Labute approximate surface area is 117 Å². The molecule has 104 valence electrons. The van der Waals surface area contributed by atoms with Gasteiger partial charge in [0.2, 0.25) is 5.91 Å². The number of hydrogen-bond acceptors (Lipinski definition) is 4. The molecule has 0 aromatic carbocycles. The van der Waals surface area contributed by atoms with E-state index in [1.165, 1.54) is 6.20 Å². The van der Waals surface area contributed by atoms with Crippen molar-refractivity contribution in [1.29, 1.82) is 0 Å². The van der Waals surface area contributed by atoms with Crippen LogP contribution < -0.4 is 5.32 Å². The summed E-state index contributed by atoms with van der Waals surface area (Å²) in [5.41, 5.74) is 0. The zero-order valence-corrected chi connectivity index (χ0v) is 11.7. The maximum Gasteiger partial charge on any atom is 0.239 e. The van der Waals surface area contributed by atoms with E-state index in [4.69, 9.17) is 16.3 Å². The van der Waals surface area contributed by atoms with E-state index < -0.39 is 0 Å². The lowest BCUT2D eigenvalue weighted by molar-refractivity contribution is -0.117. The predicted molar refractivity (Wildman–Crippen MR) is 74.3 cm³/mol. The van der Waals surface area contributed by atoms with Gasteiger partial charge < -0.3 is 10.1 Å². The summed E-state index contributed by atoms with van der Waals surface area (Å²) in [6.07, 6.45) is 2.64. The lowest BCUT2D eigenvalue weighted by Crippen LogP contribution is -2.37. The van der Waals surface area contributed by atoms with E-state index in [0.29, 0.717) is 17.4 Å². The fourth-order valence-corrected chi connectivity index (χ4v) is 2.17. The van der Waals surface area contributed by atoms with Crippen LogP contribution in [0, 0.1) is 0 Å². The van der Waals surface area contributed by atoms with Crippen LogP contribution in [-0.2, 0) is 9.53 Å². The van der Waals surface area contributed by atoms with Crippen LogP contribution in [0.3, 0.4) is 0 Å². The van der Waals surface area contributed by atoms with Crippen molar-refractivity contribution >= 4 is 23.3 Å². The van der Waals surface area contributed by atoms with Gasteiger partial charge in [0.15, 0.2) is 0 Å². The number of amides is 1. The maximum absolute atomic E-state index is 11.9. The Bertz CT molecular complexity index is 424. The predicted octanol–water partition coefficient (Wildman–Crippen LogP) is 1.78. The Hall–Kier alpha value is -1.17. The summed E-state index contributed by atoms with van der Waals surface area (Å²) in [6, 6.07) is 3.39. The van der Waals surface area contributed by atoms with E-state index in [1.807, 2.05) is 6.92 Å². The molecule has 1 aromatic heterocycles. The number of nitrogens with zero attached hydrogens (tertiary/aromatic N) is 2. The lowest BCUT2D eigenvalue weighted by Gasteiger charge is -2.20. The van der Waals surface area contributed by atoms with Crippen LogP contribution in [0.1, 0.15) is 13.3 Å². The van der Waals surface area contributed by atoms with Gasteiger partial charge in [-0.3, -0.25) is 9.69 Å². The average Bonchev–Trinajstić information content (AvgIpc) is 2.56. The van der Waals surface area contributed by atoms with Crippen LogP contribution >= 0.6 is 11.6 Å². The van der Waals surface area contributed by atoms with Crippen molar-refractivity contribution in [2.45, 2.75) is 19.4 Å². The molecule has 1 fully saturated rings. The van der Waals surface area contributed by atoms with Gasteiger partial charge in [0.05, 0.1) is 17.7 Å². The van der Waals surface area contributed by atoms with E-state index in [9.17, 15) is 4.79 Å². The molecule has 1 amide bonds. The Kier molecular flexibility index (Phi) is 5.13. The minimum absolute atomic E-state index is 0.0658. The quantitative estimate of drug-likeness (QED) is 0.919. The summed E-state index contributed by atoms with van der Waals surface area (Å²) in [6.45, 7) is 4.81. The summed E-state index contributed by atoms with van der Waals surface area (Å²) in [7, 11) is 0. The van der Waals surface area contributed by atoms with Crippen LogP contribution in [0.5, 0.6) is 0 Å². The van der Waals surface area contributed by atoms with Crippen molar-refractivity contribution in [2.75, 3.05) is 31.6 Å². The van der Waals surface area contributed by atoms with Gasteiger partial charge in [0.25, 0.3) is 0 Å². The molecule has 19 heavy (non-hydrogen) atoms. The number of carbonyl (C=O) groups is 1. The fraction of sp³-hybridized carbons (Fsp3) is 0.538. The number of carbonyl (C=O) groups excluding carboxylic acids is 1. The highest BCUT2D eigenvalue weighted by Gasteiger charge is 2.17. The second kappa shape index (κ2) is 6.84. The molecule has 1 aliphatic heterocycles. The van der Waals surface area contributed by atoms with Gasteiger partial charge in [-0.1, -0.05) is 11.6 Å². The molecule has 0 bridgehead atoms. The molecule has 1 atom stereocenters. The summed E-state index contributed by atoms with van der Waals surface area (Å²) >= 11 is 5.74. The molecular weight excluding hydrogens is 266 g/mol. The highest BCUT2D eigenvalue weighted by Crippen LogP contribution is 2.10. The number of pyridine rings is 1. The van der Waals surface area contributed by atoms with E-state index in [1.54, 1.807) is 12.1 Å². The lowest BCUT2D eigenvalue weighted by atomic mass is 10.3. The van der Waals surface area contributed by atoms with Crippen LogP contribution in [0.15, 0.2) is 18.3 Å². The summed E-state index contributed by atoms with van der Waals surface area (Å²) in [5.74, 6) is 0.456. The molecule has 0 radical (unpaired) electrons. The first-order chi connectivity index (χ1) is 9.13. The van der Waals surface area contributed by atoms with E-state index in [0.717, 1.165) is 26.1 Å². The zero-order chi connectivity index (χ0) is 13.7. The van der Waals surface area contributed by atoms with Crippen LogP contribution in [-0.4, -0.2) is 48.1 Å². The van der Waals surface area contributed by atoms with Crippen molar-refractivity contribution < 1.29 is 9.53 Å². The third-order valence-corrected chi connectivity index (χ3v) is 3.12. The third-order valence-electron chi connectivity index (χ3n) is 2.90. The summed E-state index contributed by atoms with van der Waals surface area (Å²) < 4.78 is 5.55. The Balaban J connectivity index is 1.84. The van der Waals surface area contributed by atoms with Crippen LogP contribution in [0.4, 0.5) is 5.82 Å². The highest BCUT2D eigenvalue weighted by molar-refractivity contribution is 6.30. The van der Waals surface area contributed by atoms with Gasteiger partial charge in [0.1, 0.15) is 5.82 Å². The van der Waals surface area contributed by atoms with Gasteiger partial charge in [-0.2, -0.15) is 0 Å². The molecule has 6 heteroatoms. The molecule has 1 aliphatic rings. The van der Waals surface area contributed by atoms with Crippen molar-refractivity contribution in [3.05, 3.63) is 23.4 Å². The summed E-state index contributed by atoms with van der Waals surface area (Å²) in [4.78, 5) is 18.1. The standard InChI is InChI=1S/C13H18ClN3O2/c1-10-8-17(5-2-6-19-10)9-13(18)16-12-4-3-11(14)7-15-12/h3-4,7,10H,2,5-6,8-9H2,1H3,(H,15,16,18)/t10-/m1/s1. The third kappa shape index (κ3) is 4.78. The van der Waals surface area contributed by atoms with E-state index in [2.05, 4.69) is 15.2 Å². The Morgan fingerprint density at radius 2 is 2.47 bits per heavy atom. The largest absolute Gasteiger partial charge is 0.377 e. The first kappa shape index (κ1) is 14.2. The second-order valence-corrected chi connectivity index (χ2v) is 5.12. The Morgan fingerprint density at radius 1 is 1.63 bits per heavy atom. The molecule has 0 unspecified atom stereocenters. The number of halogens is 1. The fourth-order valence-electron chi connectivity index (χ4n) is 2.06. The minimum atomic E-state index is -0.0658. The molecule has 0 spiro atoms. The number of anilines is 1. The van der Waals surface area contributed by atoms with Crippen LogP contribution in [0.25, 0.3) is 0 Å². The van der Waals surface area contributed by atoms with Gasteiger partial charge in [-0.05, 0) is 25.5 Å². The van der Waals surface area contributed by atoms with Gasteiger partial charge in [0, 0.05) is 25.9 Å². The smallest absolute Gasteiger partial charge is 0.239 e. The maximum atomic E-state index is 11.9. The molecule has 1 N–H and O–H groups in total. The first-order valence-electron chi connectivity index (χ1n) is 6.39. The molecule has 0 aliphatic carbocycles. The number of rotatable bonds is 3. The van der Waals surface area contributed by atoms with Crippen molar-refractivity contribution in [3.63, 3.8) is 0 Å². The monoisotopic (exact) mass is 283 g/mol. The van der Waals surface area contributed by atoms with Crippen molar-refractivity contribution in [2.24, 2.45) is 0 Å². The van der Waals surface area contributed by atoms with Gasteiger partial charge in [-0.25, -0.2) is 4.98 Å². The molecule has 2 rings (SSSR count).